The number of nitrogens with zero attached hydrogens (tertiary/aromatic N) is 1. The van der Waals surface area contributed by atoms with Crippen LogP contribution in [0, 0.1) is 11.7 Å². The lowest BCUT2D eigenvalue weighted by molar-refractivity contribution is 0.0922. The lowest BCUT2D eigenvalue weighted by Crippen LogP contribution is -2.45. The molecular weight excluding hydrogens is 335 g/mol. The molecule has 0 spiro atoms. The van der Waals surface area contributed by atoms with Gasteiger partial charge in [0.05, 0.1) is 5.56 Å². The van der Waals surface area contributed by atoms with Crippen LogP contribution in [0.15, 0.2) is 22.7 Å². The minimum absolute atomic E-state index is 0.0847. The van der Waals surface area contributed by atoms with Gasteiger partial charge in [-0.05, 0) is 59.9 Å². The zero-order chi connectivity index (χ0) is 15.4. The predicted octanol–water partition coefficient (Wildman–Crippen LogP) is 3.44. The summed E-state index contributed by atoms with van der Waals surface area (Å²) in [5.41, 5.74) is 0.0847. The summed E-state index contributed by atoms with van der Waals surface area (Å²) in [4.78, 5) is 14.6. The molecule has 0 radical (unpaired) electrons. The zero-order valence-corrected chi connectivity index (χ0v) is 14.1. The Morgan fingerprint density at radius 1 is 1.38 bits per heavy atom. The number of carbonyl (C=O) groups is 1. The van der Waals surface area contributed by atoms with Gasteiger partial charge in [-0.25, -0.2) is 4.39 Å². The molecule has 3 nitrogen and oxygen atoms in total. The van der Waals surface area contributed by atoms with Crippen molar-refractivity contribution in [2.75, 3.05) is 19.6 Å². The molecule has 1 aliphatic heterocycles. The van der Waals surface area contributed by atoms with Crippen molar-refractivity contribution in [1.82, 2.24) is 10.2 Å². The van der Waals surface area contributed by atoms with Crippen LogP contribution in [0.1, 0.15) is 37.0 Å². The number of benzene rings is 1. The van der Waals surface area contributed by atoms with Gasteiger partial charge in [-0.2, -0.15) is 0 Å². The molecule has 116 valence electrons. The third-order valence-corrected chi connectivity index (χ3v) is 4.70. The van der Waals surface area contributed by atoms with Crippen LogP contribution in [0.5, 0.6) is 0 Å². The Bertz CT molecular complexity index is 481. The Hall–Kier alpha value is -0.940. The topological polar surface area (TPSA) is 32.3 Å². The Morgan fingerprint density at radius 3 is 2.62 bits per heavy atom. The summed E-state index contributed by atoms with van der Waals surface area (Å²) < 4.78 is 14.3. The van der Waals surface area contributed by atoms with Crippen molar-refractivity contribution in [3.8, 4) is 0 Å². The van der Waals surface area contributed by atoms with Gasteiger partial charge in [-0.1, -0.05) is 19.9 Å². The van der Waals surface area contributed by atoms with E-state index in [4.69, 9.17) is 0 Å². The van der Waals surface area contributed by atoms with E-state index in [2.05, 4.69) is 40.0 Å². The lowest BCUT2D eigenvalue weighted by atomic mass is 10.0. The van der Waals surface area contributed by atoms with Crippen molar-refractivity contribution in [3.05, 3.63) is 34.1 Å². The van der Waals surface area contributed by atoms with Gasteiger partial charge in [0.2, 0.25) is 0 Å². The minimum Gasteiger partial charge on any atom is -0.350 e. The van der Waals surface area contributed by atoms with E-state index in [0.29, 0.717) is 23.0 Å². The Morgan fingerprint density at radius 2 is 2.05 bits per heavy atom. The Kier molecular flexibility index (Phi) is 5.76. The quantitative estimate of drug-likeness (QED) is 0.876. The molecule has 1 aromatic rings. The molecule has 1 unspecified atom stereocenters. The second kappa shape index (κ2) is 7.36. The normalized spacial score (nSPS) is 17.2. The maximum absolute atomic E-state index is 13.8. The molecule has 1 atom stereocenters. The van der Waals surface area contributed by atoms with Crippen LogP contribution in [-0.2, 0) is 0 Å². The van der Waals surface area contributed by atoms with Gasteiger partial charge >= 0.3 is 0 Å². The van der Waals surface area contributed by atoms with Crippen LogP contribution in [0.3, 0.4) is 0 Å². The average Bonchev–Trinajstić information content (AvgIpc) is 2.92. The summed E-state index contributed by atoms with van der Waals surface area (Å²) in [6, 6.07) is 4.87. The van der Waals surface area contributed by atoms with Crippen LogP contribution in [-0.4, -0.2) is 36.5 Å². The van der Waals surface area contributed by atoms with Crippen LogP contribution in [0.25, 0.3) is 0 Å². The number of likely N-dealkylation sites (tertiary alicyclic amines) is 1. The van der Waals surface area contributed by atoms with Crippen molar-refractivity contribution in [3.63, 3.8) is 0 Å². The molecule has 1 N–H and O–H groups in total. The van der Waals surface area contributed by atoms with Gasteiger partial charge in [0.25, 0.3) is 5.91 Å². The van der Waals surface area contributed by atoms with Crippen molar-refractivity contribution < 1.29 is 9.18 Å². The maximum Gasteiger partial charge on any atom is 0.255 e. The number of rotatable bonds is 5. The molecule has 0 aliphatic carbocycles. The minimum atomic E-state index is -0.496. The SMILES string of the molecule is CC(C)C(CNC(=O)c1c(F)cccc1Br)N1CCCC1. The first-order valence-electron chi connectivity index (χ1n) is 7.47. The van der Waals surface area contributed by atoms with E-state index in [9.17, 15) is 9.18 Å². The fourth-order valence-electron chi connectivity index (χ4n) is 2.86. The van der Waals surface area contributed by atoms with E-state index in [0.717, 1.165) is 13.1 Å². The fraction of sp³-hybridized carbons (Fsp3) is 0.562. The standard InChI is InChI=1S/C16H22BrFN2O/c1-11(2)14(20-8-3-4-9-20)10-19-16(21)15-12(17)6-5-7-13(15)18/h5-7,11,14H,3-4,8-10H2,1-2H3,(H,19,21). The molecule has 5 heteroatoms. The molecule has 1 saturated heterocycles. The van der Waals surface area contributed by atoms with Crippen LogP contribution >= 0.6 is 15.9 Å². The summed E-state index contributed by atoms with van der Waals surface area (Å²) in [6.45, 7) is 7.05. The fourth-order valence-corrected chi connectivity index (χ4v) is 3.38. The molecular formula is C16H22BrFN2O. The third-order valence-electron chi connectivity index (χ3n) is 4.04. The number of hydrogen-bond donors (Lipinski definition) is 1. The van der Waals surface area contributed by atoms with Gasteiger partial charge in [0, 0.05) is 17.1 Å². The molecule has 0 bridgehead atoms. The summed E-state index contributed by atoms with van der Waals surface area (Å²) in [5, 5.41) is 2.89. The van der Waals surface area contributed by atoms with Crippen LogP contribution in [0.4, 0.5) is 4.39 Å². The lowest BCUT2D eigenvalue weighted by Gasteiger charge is -2.31. The van der Waals surface area contributed by atoms with Crippen molar-refractivity contribution in [2.24, 2.45) is 5.92 Å². The highest BCUT2D eigenvalue weighted by molar-refractivity contribution is 9.10. The first kappa shape index (κ1) is 16.4. The summed E-state index contributed by atoms with van der Waals surface area (Å²) in [5.74, 6) is -0.401. The molecule has 0 saturated carbocycles. The van der Waals surface area contributed by atoms with Crippen molar-refractivity contribution in [1.29, 1.82) is 0 Å². The van der Waals surface area contributed by atoms with E-state index in [1.165, 1.54) is 18.9 Å². The molecule has 1 amide bonds. The zero-order valence-electron chi connectivity index (χ0n) is 12.5. The highest BCUT2D eigenvalue weighted by Gasteiger charge is 2.25. The van der Waals surface area contributed by atoms with Gasteiger partial charge in [-0.3, -0.25) is 9.69 Å². The second-order valence-corrected chi connectivity index (χ2v) is 6.72. The monoisotopic (exact) mass is 356 g/mol. The summed E-state index contributed by atoms with van der Waals surface area (Å²) in [6.07, 6.45) is 2.44. The number of hydrogen-bond acceptors (Lipinski definition) is 2. The molecule has 1 aromatic carbocycles. The molecule has 2 rings (SSSR count). The molecule has 1 heterocycles. The first-order chi connectivity index (χ1) is 10.0. The van der Waals surface area contributed by atoms with E-state index < -0.39 is 5.82 Å². The second-order valence-electron chi connectivity index (χ2n) is 5.86. The largest absolute Gasteiger partial charge is 0.350 e. The van der Waals surface area contributed by atoms with Crippen LogP contribution < -0.4 is 5.32 Å². The van der Waals surface area contributed by atoms with Crippen molar-refractivity contribution >= 4 is 21.8 Å². The number of amides is 1. The highest BCUT2D eigenvalue weighted by atomic mass is 79.9. The summed E-state index contributed by atoms with van der Waals surface area (Å²) in [7, 11) is 0. The van der Waals surface area contributed by atoms with Crippen molar-refractivity contribution in [2.45, 2.75) is 32.7 Å². The van der Waals surface area contributed by atoms with Gasteiger partial charge < -0.3 is 5.32 Å². The van der Waals surface area contributed by atoms with E-state index >= 15 is 0 Å². The smallest absolute Gasteiger partial charge is 0.255 e. The van der Waals surface area contributed by atoms with Gasteiger partial charge in [0.15, 0.2) is 0 Å². The van der Waals surface area contributed by atoms with Gasteiger partial charge in [-0.15, -0.1) is 0 Å². The van der Waals surface area contributed by atoms with E-state index in [1.54, 1.807) is 12.1 Å². The molecule has 1 aliphatic rings. The number of halogens is 2. The van der Waals surface area contributed by atoms with E-state index in [1.807, 2.05) is 0 Å². The number of nitrogens with one attached hydrogen (secondary N) is 1. The molecule has 1 fully saturated rings. The Labute approximate surface area is 134 Å². The maximum atomic E-state index is 13.8. The average molecular weight is 357 g/mol. The molecule has 21 heavy (non-hydrogen) atoms. The number of carbonyl (C=O) groups excluding carboxylic acids is 1. The Balaban J connectivity index is 2.02. The third kappa shape index (κ3) is 4.04. The van der Waals surface area contributed by atoms with Crippen LogP contribution in [0.2, 0.25) is 0 Å². The highest BCUT2D eigenvalue weighted by Crippen LogP contribution is 2.20. The first-order valence-corrected chi connectivity index (χ1v) is 8.26. The summed E-state index contributed by atoms with van der Waals surface area (Å²) >= 11 is 3.24. The van der Waals surface area contributed by atoms with E-state index in [-0.39, 0.29) is 11.5 Å². The predicted molar refractivity (Wildman–Crippen MR) is 85.9 cm³/mol. The van der Waals surface area contributed by atoms with Gasteiger partial charge in [0.1, 0.15) is 5.82 Å². The molecule has 0 aromatic heterocycles.